The van der Waals surface area contributed by atoms with Crippen LogP contribution in [-0.4, -0.2) is 35.4 Å². The molecule has 0 aromatic rings. The summed E-state index contributed by atoms with van der Waals surface area (Å²) in [6, 6.07) is 0. The number of carboxylic acid groups (broad SMARTS) is 2. The maximum atomic E-state index is 10.3. The van der Waals surface area contributed by atoms with E-state index in [0.717, 1.165) is 0 Å². The molecule has 0 aromatic carbocycles. The molecule has 56 valence electrons. The van der Waals surface area contributed by atoms with Crippen LogP contribution in [0.15, 0.2) is 0 Å². The Kier molecular flexibility index (Phi) is 1.37. The third-order valence-electron chi connectivity index (χ3n) is 1.52. The fourth-order valence-electron chi connectivity index (χ4n) is 0.645. The van der Waals surface area contributed by atoms with Gasteiger partial charge in [0.25, 0.3) is 0 Å². The van der Waals surface area contributed by atoms with E-state index in [9.17, 15) is 9.59 Å². The Morgan fingerprint density at radius 1 is 1.20 bits per heavy atom. The number of rotatable bonds is 2. The maximum Gasteiger partial charge on any atom is 0.325 e. The minimum atomic E-state index is -1.67. The van der Waals surface area contributed by atoms with E-state index < -0.39 is 17.4 Å². The van der Waals surface area contributed by atoms with Gasteiger partial charge in [0, 0.05) is 0 Å². The number of carbonyl (C=O) groups is 2. The fraction of sp³-hybridized carbons (Fsp3) is 0.600. The van der Waals surface area contributed by atoms with E-state index in [2.05, 4.69) is 4.74 Å². The van der Waals surface area contributed by atoms with Gasteiger partial charge in [-0.15, -0.1) is 0 Å². The smallest absolute Gasteiger partial charge is 0.325 e. The SMILES string of the molecule is O=C(O)C1(C(=O)O)COC1. The first-order valence-electron chi connectivity index (χ1n) is 2.64. The summed E-state index contributed by atoms with van der Waals surface area (Å²) in [5, 5.41) is 16.8. The third kappa shape index (κ3) is 0.672. The van der Waals surface area contributed by atoms with Crippen LogP contribution in [0.1, 0.15) is 0 Å². The second-order valence-corrected chi connectivity index (χ2v) is 2.19. The molecule has 1 rings (SSSR count). The van der Waals surface area contributed by atoms with E-state index in [4.69, 9.17) is 10.2 Å². The van der Waals surface area contributed by atoms with Crippen molar-refractivity contribution in [3.63, 3.8) is 0 Å². The lowest BCUT2D eigenvalue weighted by atomic mass is 9.86. The zero-order valence-corrected chi connectivity index (χ0v) is 5.03. The Labute approximate surface area is 56.2 Å². The average molecular weight is 146 g/mol. The van der Waals surface area contributed by atoms with Crippen molar-refractivity contribution in [3.8, 4) is 0 Å². The molecule has 5 nitrogen and oxygen atoms in total. The molecule has 0 aliphatic carbocycles. The van der Waals surface area contributed by atoms with Gasteiger partial charge in [-0.1, -0.05) is 0 Å². The molecule has 1 fully saturated rings. The summed E-state index contributed by atoms with van der Waals surface area (Å²) in [4.78, 5) is 20.6. The van der Waals surface area contributed by atoms with E-state index in [0.29, 0.717) is 0 Å². The summed E-state index contributed by atoms with van der Waals surface area (Å²) in [6.45, 7) is -0.449. The molecule has 0 amide bonds. The molecule has 0 unspecified atom stereocenters. The Bertz CT molecular complexity index is 164. The van der Waals surface area contributed by atoms with Gasteiger partial charge in [0.1, 0.15) is 0 Å². The highest BCUT2D eigenvalue weighted by Crippen LogP contribution is 2.27. The first-order valence-corrected chi connectivity index (χ1v) is 2.64. The van der Waals surface area contributed by atoms with Crippen molar-refractivity contribution in [2.45, 2.75) is 0 Å². The van der Waals surface area contributed by atoms with Gasteiger partial charge in [0.2, 0.25) is 5.41 Å². The first kappa shape index (κ1) is 7.01. The van der Waals surface area contributed by atoms with Crippen molar-refractivity contribution in [1.29, 1.82) is 0 Å². The fourth-order valence-corrected chi connectivity index (χ4v) is 0.645. The van der Waals surface area contributed by atoms with Gasteiger partial charge >= 0.3 is 11.9 Å². The van der Waals surface area contributed by atoms with Gasteiger partial charge in [-0.3, -0.25) is 9.59 Å². The lowest BCUT2D eigenvalue weighted by Gasteiger charge is -2.32. The monoisotopic (exact) mass is 146 g/mol. The number of carboxylic acids is 2. The molecule has 0 saturated carbocycles. The van der Waals surface area contributed by atoms with Gasteiger partial charge in [0.15, 0.2) is 0 Å². The van der Waals surface area contributed by atoms with Crippen molar-refractivity contribution in [2.24, 2.45) is 5.41 Å². The molecule has 2 N–H and O–H groups in total. The van der Waals surface area contributed by atoms with E-state index in [1.807, 2.05) is 0 Å². The molecule has 1 aliphatic heterocycles. The van der Waals surface area contributed by atoms with Crippen LogP contribution >= 0.6 is 0 Å². The topological polar surface area (TPSA) is 83.8 Å². The Morgan fingerprint density at radius 2 is 1.60 bits per heavy atom. The van der Waals surface area contributed by atoms with Crippen molar-refractivity contribution in [2.75, 3.05) is 13.2 Å². The maximum absolute atomic E-state index is 10.3. The van der Waals surface area contributed by atoms with Crippen LogP contribution < -0.4 is 0 Å². The summed E-state index contributed by atoms with van der Waals surface area (Å²) < 4.78 is 4.50. The van der Waals surface area contributed by atoms with Crippen LogP contribution in [0, 0.1) is 5.41 Å². The highest BCUT2D eigenvalue weighted by atomic mass is 16.5. The molecule has 0 spiro atoms. The van der Waals surface area contributed by atoms with Crippen molar-refractivity contribution >= 4 is 11.9 Å². The van der Waals surface area contributed by atoms with Crippen LogP contribution in [0.25, 0.3) is 0 Å². The largest absolute Gasteiger partial charge is 0.480 e. The highest BCUT2D eigenvalue weighted by Gasteiger charge is 2.53. The number of aliphatic carboxylic acids is 2. The van der Waals surface area contributed by atoms with Crippen LogP contribution in [0.5, 0.6) is 0 Å². The zero-order chi connectivity index (χ0) is 7.78. The van der Waals surface area contributed by atoms with Crippen LogP contribution in [0.2, 0.25) is 0 Å². The summed E-state index contributed by atoms with van der Waals surface area (Å²) in [6.07, 6.45) is 0. The Morgan fingerprint density at radius 3 is 1.60 bits per heavy atom. The van der Waals surface area contributed by atoms with Gasteiger partial charge in [-0.05, 0) is 0 Å². The molecule has 0 aromatic heterocycles. The molecular formula is C5H6O5. The molecule has 1 saturated heterocycles. The lowest BCUT2D eigenvalue weighted by molar-refractivity contribution is -0.195. The molecule has 0 bridgehead atoms. The standard InChI is InChI=1S/C5H6O5/c6-3(7)5(4(8)9)1-10-2-5/h1-2H2,(H,6,7)(H,8,9). The average Bonchev–Trinajstić information content (AvgIpc) is 1.57. The summed E-state index contributed by atoms with van der Waals surface area (Å²) >= 11 is 0. The Hall–Kier alpha value is -1.10. The van der Waals surface area contributed by atoms with Crippen molar-refractivity contribution in [3.05, 3.63) is 0 Å². The second kappa shape index (κ2) is 1.95. The van der Waals surface area contributed by atoms with E-state index >= 15 is 0 Å². The quantitative estimate of drug-likeness (QED) is 0.497. The van der Waals surface area contributed by atoms with E-state index in [1.54, 1.807) is 0 Å². The minimum absolute atomic E-state index is 0.225. The normalized spacial score (nSPS) is 21.2. The molecule has 10 heavy (non-hydrogen) atoms. The van der Waals surface area contributed by atoms with Gasteiger partial charge in [0.05, 0.1) is 13.2 Å². The third-order valence-corrected chi connectivity index (χ3v) is 1.52. The van der Waals surface area contributed by atoms with Gasteiger partial charge in [-0.25, -0.2) is 0 Å². The highest BCUT2D eigenvalue weighted by molar-refractivity contribution is 5.99. The molecule has 1 aliphatic rings. The molecule has 5 heteroatoms. The molecule has 1 heterocycles. The summed E-state index contributed by atoms with van der Waals surface area (Å²) in [7, 11) is 0. The zero-order valence-electron chi connectivity index (χ0n) is 5.03. The molecular weight excluding hydrogens is 140 g/mol. The Balaban J connectivity index is 2.78. The lowest BCUT2D eigenvalue weighted by Crippen LogP contribution is -2.54. The minimum Gasteiger partial charge on any atom is -0.480 e. The first-order chi connectivity index (χ1) is 4.59. The predicted octanol–water partition coefficient (Wildman–Crippen LogP) is -0.828. The van der Waals surface area contributed by atoms with E-state index in [1.165, 1.54) is 0 Å². The molecule has 0 atom stereocenters. The molecule has 0 radical (unpaired) electrons. The van der Waals surface area contributed by atoms with E-state index in [-0.39, 0.29) is 13.2 Å². The summed E-state index contributed by atoms with van der Waals surface area (Å²) in [5.41, 5.74) is -1.67. The second-order valence-electron chi connectivity index (χ2n) is 2.19. The predicted molar refractivity (Wildman–Crippen MR) is 28.5 cm³/mol. The van der Waals surface area contributed by atoms with Crippen molar-refractivity contribution < 1.29 is 24.5 Å². The van der Waals surface area contributed by atoms with Crippen LogP contribution in [-0.2, 0) is 14.3 Å². The van der Waals surface area contributed by atoms with Crippen LogP contribution in [0.4, 0.5) is 0 Å². The van der Waals surface area contributed by atoms with Crippen LogP contribution in [0.3, 0.4) is 0 Å². The van der Waals surface area contributed by atoms with Gasteiger partial charge in [-0.2, -0.15) is 0 Å². The summed E-state index contributed by atoms with van der Waals surface area (Å²) in [5.74, 6) is -2.66. The van der Waals surface area contributed by atoms with Gasteiger partial charge < -0.3 is 14.9 Å². The number of hydrogen-bond donors (Lipinski definition) is 2. The number of hydrogen-bond acceptors (Lipinski definition) is 3. The van der Waals surface area contributed by atoms with Crippen molar-refractivity contribution in [1.82, 2.24) is 0 Å². The number of ether oxygens (including phenoxy) is 1.